The van der Waals surface area contributed by atoms with Crippen LogP contribution < -0.4 is 20.3 Å². The predicted octanol–water partition coefficient (Wildman–Crippen LogP) is 5.68. The summed E-state index contributed by atoms with van der Waals surface area (Å²) in [5.74, 6) is -1.02. The van der Waals surface area contributed by atoms with Crippen molar-refractivity contribution in [2.45, 2.75) is 13.8 Å². The molecule has 2 N–H and O–H groups in total. The van der Waals surface area contributed by atoms with E-state index in [0.717, 1.165) is 16.8 Å². The number of rotatable bonds is 6. The Hall–Kier alpha value is -3.34. The topological polar surface area (TPSA) is 87.7 Å². The highest BCUT2D eigenvalue weighted by Crippen LogP contribution is 2.36. The molecule has 1 heterocycles. The molecule has 0 atom stereocenters. The van der Waals surface area contributed by atoms with E-state index in [9.17, 15) is 14.4 Å². The van der Waals surface area contributed by atoms with Crippen LogP contribution in [0.2, 0.25) is 0 Å². The summed E-state index contributed by atoms with van der Waals surface area (Å²) in [6.45, 7) is 3.70. The Bertz CT molecular complexity index is 1430. The Balaban J connectivity index is 1.51. The van der Waals surface area contributed by atoms with Crippen molar-refractivity contribution in [3.05, 3.63) is 91.9 Å². The van der Waals surface area contributed by atoms with Gasteiger partial charge in [0.2, 0.25) is 0 Å². The molecule has 1 fully saturated rings. The Kier molecular flexibility index (Phi) is 8.21. The third kappa shape index (κ3) is 6.15. The van der Waals surface area contributed by atoms with Crippen molar-refractivity contribution in [1.82, 2.24) is 5.32 Å². The van der Waals surface area contributed by atoms with Gasteiger partial charge in [0, 0.05) is 5.69 Å². The summed E-state index contributed by atoms with van der Waals surface area (Å²) in [6, 6.07) is 18.0. The molecule has 4 rings (SSSR count). The number of aryl methyl sites for hydroxylation is 2. The van der Waals surface area contributed by atoms with Crippen LogP contribution in [0.4, 0.5) is 11.4 Å². The van der Waals surface area contributed by atoms with E-state index in [1.807, 2.05) is 38.1 Å². The molecule has 3 aromatic carbocycles. The summed E-state index contributed by atoms with van der Waals surface area (Å²) in [5.41, 5.74) is 3.83. The number of amides is 3. The van der Waals surface area contributed by atoms with E-state index in [1.165, 1.54) is 11.0 Å². The van der Waals surface area contributed by atoms with Gasteiger partial charge in [0.25, 0.3) is 17.7 Å². The summed E-state index contributed by atoms with van der Waals surface area (Å²) in [7, 11) is 0. The summed E-state index contributed by atoms with van der Waals surface area (Å²) in [5, 5.41) is 5.42. The number of thiocarbonyl (C=S) groups is 1. The largest absolute Gasteiger partial charge is 0.481 e. The quantitative estimate of drug-likeness (QED) is 0.205. The number of halogens is 2. The lowest BCUT2D eigenvalue weighted by Gasteiger charge is -2.28. The summed E-state index contributed by atoms with van der Waals surface area (Å²) in [4.78, 5) is 39.5. The molecule has 0 aromatic heterocycles. The van der Waals surface area contributed by atoms with E-state index in [2.05, 4.69) is 42.5 Å². The van der Waals surface area contributed by atoms with Crippen LogP contribution in [0.15, 0.2) is 75.2 Å². The minimum absolute atomic E-state index is 0.0172. The van der Waals surface area contributed by atoms with E-state index in [-0.39, 0.29) is 23.2 Å². The number of hydrogen-bond acceptors (Lipinski definition) is 5. The molecule has 3 amide bonds. The maximum absolute atomic E-state index is 13.2. The second kappa shape index (κ2) is 11.4. The van der Waals surface area contributed by atoms with Gasteiger partial charge < -0.3 is 10.1 Å². The van der Waals surface area contributed by atoms with E-state index >= 15 is 0 Å². The molecule has 0 unspecified atom stereocenters. The van der Waals surface area contributed by atoms with Gasteiger partial charge in [0.1, 0.15) is 11.3 Å². The zero-order chi connectivity index (χ0) is 26.7. The minimum atomic E-state index is -0.585. The van der Waals surface area contributed by atoms with Gasteiger partial charge in [-0.3, -0.25) is 24.6 Å². The molecule has 0 spiro atoms. The second-order valence-electron chi connectivity index (χ2n) is 8.26. The molecular weight excluding hydrogens is 622 g/mol. The first kappa shape index (κ1) is 26.7. The average molecular weight is 643 g/mol. The molecule has 0 saturated carbocycles. The lowest BCUT2D eigenvalue weighted by molar-refractivity contribution is -0.122. The molecule has 188 valence electrons. The van der Waals surface area contributed by atoms with Crippen LogP contribution in [0.1, 0.15) is 16.7 Å². The van der Waals surface area contributed by atoms with Gasteiger partial charge in [-0.1, -0.05) is 35.9 Å². The van der Waals surface area contributed by atoms with Gasteiger partial charge in [-0.05, 0) is 105 Å². The number of benzene rings is 3. The smallest absolute Gasteiger partial charge is 0.270 e. The highest BCUT2D eigenvalue weighted by Gasteiger charge is 2.34. The third-order valence-electron chi connectivity index (χ3n) is 5.45. The summed E-state index contributed by atoms with van der Waals surface area (Å²) in [6.07, 6.45) is 1.47. The first-order valence-electron chi connectivity index (χ1n) is 11.1. The maximum atomic E-state index is 13.2. The van der Waals surface area contributed by atoms with Crippen molar-refractivity contribution in [1.29, 1.82) is 0 Å². The summed E-state index contributed by atoms with van der Waals surface area (Å²) < 4.78 is 6.81. The first-order valence-corrected chi connectivity index (χ1v) is 13.1. The van der Waals surface area contributed by atoms with Gasteiger partial charge in [0.15, 0.2) is 11.7 Å². The van der Waals surface area contributed by atoms with Crippen LogP contribution >= 0.6 is 44.1 Å². The van der Waals surface area contributed by atoms with Crippen molar-refractivity contribution >= 4 is 84.4 Å². The molecular formula is C27H21Br2N3O4S. The normalized spacial score (nSPS) is 14.5. The molecule has 0 bridgehead atoms. The molecule has 1 aliphatic rings. The van der Waals surface area contributed by atoms with Crippen molar-refractivity contribution in [3.63, 3.8) is 0 Å². The number of hydrogen-bond donors (Lipinski definition) is 2. The number of nitrogens with one attached hydrogen (secondary N) is 2. The number of anilines is 2. The molecule has 10 heteroatoms. The predicted molar refractivity (Wildman–Crippen MR) is 155 cm³/mol. The monoisotopic (exact) mass is 641 g/mol. The number of para-hydroxylation sites is 1. The minimum Gasteiger partial charge on any atom is -0.481 e. The summed E-state index contributed by atoms with van der Waals surface area (Å²) >= 11 is 12.1. The van der Waals surface area contributed by atoms with Crippen LogP contribution in [0.25, 0.3) is 6.08 Å². The van der Waals surface area contributed by atoms with E-state index in [1.54, 1.807) is 36.4 Å². The van der Waals surface area contributed by atoms with Gasteiger partial charge in [-0.2, -0.15) is 0 Å². The van der Waals surface area contributed by atoms with Gasteiger partial charge >= 0.3 is 0 Å². The van der Waals surface area contributed by atoms with Crippen LogP contribution in [0.3, 0.4) is 0 Å². The van der Waals surface area contributed by atoms with Crippen LogP contribution in [0.5, 0.6) is 5.75 Å². The number of ether oxygens (including phenoxy) is 1. The zero-order valence-corrected chi connectivity index (χ0v) is 23.8. The molecule has 0 aliphatic carbocycles. The molecule has 37 heavy (non-hydrogen) atoms. The van der Waals surface area contributed by atoms with E-state index < -0.39 is 11.8 Å². The maximum Gasteiger partial charge on any atom is 0.270 e. The molecule has 7 nitrogen and oxygen atoms in total. The highest BCUT2D eigenvalue weighted by molar-refractivity contribution is 9.11. The van der Waals surface area contributed by atoms with E-state index in [4.69, 9.17) is 17.0 Å². The Morgan fingerprint density at radius 3 is 2.38 bits per heavy atom. The SMILES string of the molecule is Cc1ccc(NC(=O)COc2c(Br)cc(/C=C3/C(=O)NC(=S)N(c4ccccc4)C3=O)cc2Br)c(C)c1. The third-order valence-corrected chi connectivity index (χ3v) is 6.91. The molecule has 1 aliphatic heterocycles. The number of carbonyl (C=O) groups excluding carboxylic acids is 3. The van der Waals surface area contributed by atoms with Crippen molar-refractivity contribution in [3.8, 4) is 5.75 Å². The zero-order valence-electron chi connectivity index (χ0n) is 19.8. The molecule has 0 radical (unpaired) electrons. The van der Waals surface area contributed by atoms with Crippen molar-refractivity contribution < 1.29 is 19.1 Å². The van der Waals surface area contributed by atoms with Crippen LogP contribution in [-0.4, -0.2) is 29.4 Å². The first-order chi connectivity index (χ1) is 17.6. The fourth-order valence-corrected chi connectivity index (χ4v) is 5.45. The number of nitrogens with zero attached hydrogens (tertiary/aromatic N) is 1. The van der Waals surface area contributed by atoms with Crippen LogP contribution in [0, 0.1) is 13.8 Å². The van der Waals surface area contributed by atoms with Gasteiger partial charge in [-0.25, -0.2) is 0 Å². The second-order valence-corrected chi connectivity index (χ2v) is 10.4. The van der Waals surface area contributed by atoms with Crippen molar-refractivity contribution in [2.75, 3.05) is 16.8 Å². The standard InChI is InChI=1S/C27H21Br2N3O4S/c1-15-8-9-22(16(2)10-15)30-23(33)14-36-24-20(28)12-17(13-21(24)29)11-19-25(34)31-27(37)32(26(19)35)18-6-4-3-5-7-18/h3-13H,14H2,1-2H3,(H,30,33)(H,31,34,37)/b19-11-. The molecule has 3 aromatic rings. The fourth-order valence-electron chi connectivity index (χ4n) is 3.71. The van der Waals surface area contributed by atoms with Gasteiger partial charge in [0.05, 0.1) is 14.6 Å². The van der Waals surface area contributed by atoms with Gasteiger partial charge in [-0.15, -0.1) is 0 Å². The Morgan fingerprint density at radius 1 is 1.05 bits per heavy atom. The fraction of sp³-hybridized carbons (Fsp3) is 0.111. The molecule has 1 saturated heterocycles. The average Bonchev–Trinajstić information content (AvgIpc) is 2.83. The van der Waals surface area contributed by atoms with Crippen LogP contribution in [-0.2, 0) is 14.4 Å². The Morgan fingerprint density at radius 2 is 1.73 bits per heavy atom. The number of carbonyl (C=O) groups is 3. The lowest BCUT2D eigenvalue weighted by Crippen LogP contribution is -2.54. The highest BCUT2D eigenvalue weighted by atomic mass is 79.9. The van der Waals surface area contributed by atoms with Crippen molar-refractivity contribution in [2.24, 2.45) is 0 Å². The lowest BCUT2D eigenvalue weighted by atomic mass is 10.1. The Labute approximate surface area is 236 Å². The van der Waals surface area contributed by atoms with E-state index in [0.29, 0.717) is 25.9 Å².